The molecule has 1 amide bonds. The van der Waals surface area contributed by atoms with Gasteiger partial charge in [-0.25, -0.2) is 0 Å². The summed E-state index contributed by atoms with van der Waals surface area (Å²) < 4.78 is 44.8. The number of ether oxygens (including phenoxy) is 1. The van der Waals surface area contributed by atoms with E-state index in [1.165, 1.54) is 37.8 Å². The second-order valence-electron chi connectivity index (χ2n) is 8.75. The highest BCUT2D eigenvalue weighted by Gasteiger charge is 2.30. The molecule has 0 heterocycles. The third kappa shape index (κ3) is 7.88. The van der Waals surface area contributed by atoms with Gasteiger partial charge in [-0.3, -0.25) is 4.79 Å². The van der Waals surface area contributed by atoms with Crippen LogP contribution in [-0.4, -0.2) is 5.91 Å². The first-order chi connectivity index (χ1) is 16.8. The van der Waals surface area contributed by atoms with Crippen molar-refractivity contribution in [1.82, 2.24) is 0 Å². The van der Waals surface area contributed by atoms with Gasteiger partial charge in [0.05, 0.1) is 5.56 Å². The van der Waals surface area contributed by atoms with E-state index in [0.717, 1.165) is 42.5 Å². The summed E-state index contributed by atoms with van der Waals surface area (Å²) in [6.45, 7) is 2.20. The van der Waals surface area contributed by atoms with Crippen LogP contribution in [0.3, 0.4) is 0 Å². The largest absolute Gasteiger partial charge is 0.486 e. The number of rotatable bonds is 12. The number of hydrogen-bond acceptors (Lipinski definition) is 2. The van der Waals surface area contributed by atoms with Crippen molar-refractivity contribution in [2.24, 2.45) is 5.73 Å². The Morgan fingerprint density at radius 1 is 0.800 bits per heavy atom. The van der Waals surface area contributed by atoms with Crippen LogP contribution in [0.15, 0.2) is 72.8 Å². The van der Waals surface area contributed by atoms with E-state index < -0.39 is 17.6 Å². The van der Waals surface area contributed by atoms with Crippen LogP contribution in [0.2, 0.25) is 0 Å². The molecule has 1 unspecified atom stereocenters. The number of nitrogens with two attached hydrogens (primary N) is 1. The minimum Gasteiger partial charge on any atom is -0.486 e. The molecule has 0 aliphatic carbocycles. The van der Waals surface area contributed by atoms with Crippen LogP contribution in [0.4, 0.5) is 13.2 Å². The van der Waals surface area contributed by atoms with Gasteiger partial charge < -0.3 is 10.5 Å². The normalized spacial score (nSPS) is 12.3. The fourth-order valence-electron chi connectivity index (χ4n) is 4.01. The van der Waals surface area contributed by atoms with Gasteiger partial charge in [0.25, 0.3) is 0 Å². The Bertz CT molecular complexity index is 1060. The summed E-state index contributed by atoms with van der Waals surface area (Å²) in [5.41, 5.74) is 7.63. The Kier molecular flexibility index (Phi) is 9.35. The van der Waals surface area contributed by atoms with Gasteiger partial charge in [-0.15, -0.1) is 0 Å². The van der Waals surface area contributed by atoms with Crippen molar-refractivity contribution in [2.45, 2.75) is 64.1 Å². The van der Waals surface area contributed by atoms with Gasteiger partial charge in [0.2, 0.25) is 5.91 Å². The first-order valence-corrected chi connectivity index (χ1v) is 12.1. The number of primary amides is 1. The first-order valence-electron chi connectivity index (χ1n) is 12.1. The van der Waals surface area contributed by atoms with Crippen LogP contribution >= 0.6 is 0 Å². The molecular weight excluding hydrogens is 451 g/mol. The zero-order valence-electron chi connectivity index (χ0n) is 20.0. The SMILES string of the molecule is CCCCCCCCC(Oc1ccc(-c2ccc(C(F)(F)F)cc2)cc1)c1ccc(C(N)=O)cc1. The van der Waals surface area contributed by atoms with E-state index in [1.54, 1.807) is 12.1 Å². The average molecular weight is 484 g/mol. The summed E-state index contributed by atoms with van der Waals surface area (Å²) in [5.74, 6) is 0.208. The molecule has 0 bridgehead atoms. The maximum atomic E-state index is 12.8. The van der Waals surface area contributed by atoms with Crippen LogP contribution in [0.25, 0.3) is 11.1 Å². The highest BCUT2D eigenvalue weighted by molar-refractivity contribution is 5.92. The van der Waals surface area contributed by atoms with Crippen LogP contribution in [0.1, 0.15) is 79.5 Å². The summed E-state index contributed by atoms with van der Waals surface area (Å²) in [6, 6.07) is 19.6. The highest BCUT2D eigenvalue weighted by Crippen LogP contribution is 2.32. The lowest BCUT2D eigenvalue weighted by molar-refractivity contribution is -0.137. The minimum absolute atomic E-state index is 0.181. The number of carbonyl (C=O) groups excluding carboxylic acids is 1. The number of unbranched alkanes of at least 4 members (excludes halogenated alkanes) is 5. The fourth-order valence-corrected chi connectivity index (χ4v) is 4.01. The Hall–Kier alpha value is -3.28. The monoisotopic (exact) mass is 483 g/mol. The lowest BCUT2D eigenvalue weighted by Crippen LogP contribution is -2.12. The van der Waals surface area contributed by atoms with Gasteiger partial charge in [0.1, 0.15) is 11.9 Å². The molecule has 0 saturated carbocycles. The van der Waals surface area contributed by atoms with E-state index in [4.69, 9.17) is 10.5 Å². The van der Waals surface area contributed by atoms with E-state index in [2.05, 4.69) is 6.92 Å². The zero-order valence-corrected chi connectivity index (χ0v) is 20.0. The first kappa shape index (κ1) is 26.3. The van der Waals surface area contributed by atoms with Crippen molar-refractivity contribution in [3.05, 3.63) is 89.5 Å². The molecule has 3 aromatic rings. The second-order valence-corrected chi connectivity index (χ2v) is 8.75. The van der Waals surface area contributed by atoms with E-state index >= 15 is 0 Å². The van der Waals surface area contributed by atoms with E-state index in [-0.39, 0.29) is 6.10 Å². The molecule has 0 aliphatic rings. The summed E-state index contributed by atoms with van der Waals surface area (Å²) in [5, 5.41) is 0. The van der Waals surface area contributed by atoms with Crippen molar-refractivity contribution in [3.63, 3.8) is 0 Å². The number of benzene rings is 3. The number of hydrogen-bond donors (Lipinski definition) is 1. The number of halogens is 3. The molecule has 2 N–H and O–H groups in total. The van der Waals surface area contributed by atoms with Gasteiger partial charge in [0.15, 0.2) is 0 Å². The van der Waals surface area contributed by atoms with E-state index in [1.807, 2.05) is 36.4 Å². The molecule has 35 heavy (non-hydrogen) atoms. The summed E-state index contributed by atoms with van der Waals surface area (Å²) >= 11 is 0. The smallest absolute Gasteiger partial charge is 0.416 e. The Balaban J connectivity index is 1.70. The highest BCUT2D eigenvalue weighted by atomic mass is 19.4. The molecule has 0 saturated heterocycles. The van der Waals surface area contributed by atoms with Gasteiger partial charge in [-0.05, 0) is 65.9 Å². The Morgan fingerprint density at radius 2 is 1.34 bits per heavy atom. The minimum atomic E-state index is -4.35. The zero-order chi connectivity index (χ0) is 25.3. The molecular formula is C29H32F3NO2. The molecule has 1 atom stereocenters. The molecule has 3 rings (SSSR count). The van der Waals surface area contributed by atoms with Crippen LogP contribution < -0.4 is 10.5 Å². The Morgan fingerprint density at radius 3 is 1.89 bits per heavy atom. The topological polar surface area (TPSA) is 52.3 Å². The predicted octanol–water partition coefficient (Wildman–Crippen LogP) is 8.34. The van der Waals surface area contributed by atoms with Gasteiger partial charge in [-0.2, -0.15) is 13.2 Å². The standard InChI is InChI=1S/C29H32F3NO2/c1-2-3-4-5-6-7-8-27(23-9-11-24(12-10-23)28(33)34)35-26-19-15-22(16-20-26)21-13-17-25(18-14-21)29(30,31)32/h9-20,27H,2-8H2,1H3,(H2,33,34). The number of amides is 1. The maximum absolute atomic E-state index is 12.8. The molecule has 0 aliphatic heterocycles. The van der Waals surface area contributed by atoms with Crippen LogP contribution in [-0.2, 0) is 6.18 Å². The average Bonchev–Trinajstić information content (AvgIpc) is 2.85. The van der Waals surface area contributed by atoms with Crippen molar-refractivity contribution >= 4 is 5.91 Å². The van der Waals surface area contributed by atoms with Gasteiger partial charge in [0, 0.05) is 5.56 Å². The summed E-state index contributed by atoms with van der Waals surface area (Å²) in [4.78, 5) is 11.4. The maximum Gasteiger partial charge on any atom is 0.416 e. The number of carbonyl (C=O) groups is 1. The molecule has 186 valence electrons. The van der Waals surface area contributed by atoms with E-state index in [9.17, 15) is 18.0 Å². The lowest BCUT2D eigenvalue weighted by Gasteiger charge is -2.20. The molecule has 3 aromatic carbocycles. The molecule has 0 spiro atoms. The number of alkyl halides is 3. The van der Waals surface area contributed by atoms with Gasteiger partial charge >= 0.3 is 6.18 Å². The molecule has 0 fully saturated rings. The quantitative estimate of drug-likeness (QED) is 0.263. The third-order valence-electron chi connectivity index (χ3n) is 6.07. The molecule has 3 nitrogen and oxygen atoms in total. The second kappa shape index (κ2) is 12.4. The molecule has 6 heteroatoms. The predicted molar refractivity (Wildman–Crippen MR) is 133 cm³/mol. The Labute approximate surface area is 205 Å². The van der Waals surface area contributed by atoms with E-state index in [0.29, 0.717) is 16.9 Å². The van der Waals surface area contributed by atoms with Crippen molar-refractivity contribution in [2.75, 3.05) is 0 Å². The van der Waals surface area contributed by atoms with Crippen LogP contribution in [0, 0.1) is 0 Å². The molecule has 0 radical (unpaired) electrons. The fraction of sp³-hybridized carbons (Fsp3) is 0.345. The van der Waals surface area contributed by atoms with Crippen molar-refractivity contribution < 1.29 is 22.7 Å². The molecule has 0 aromatic heterocycles. The van der Waals surface area contributed by atoms with Crippen LogP contribution in [0.5, 0.6) is 5.75 Å². The summed E-state index contributed by atoms with van der Waals surface area (Å²) in [7, 11) is 0. The lowest BCUT2D eigenvalue weighted by atomic mass is 10.00. The van der Waals surface area contributed by atoms with Crippen molar-refractivity contribution in [1.29, 1.82) is 0 Å². The summed E-state index contributed by atoms with van der Waals surface area (Å²) in [6.07, 6.45) is 3.35. The van der Waals surface area contributed by atoms with Gasteiger partial charge in [-0.1, -0.05) is 75.4 Å². The third-order valence-corrected chi connectivity index (χ3v) is 6.07. The van der Waals surface area contributed by atoms with Crippen molar-refractivity contribution in [3.8, 4) is 16.9 Å².